The Balaban J connectivity index is 1.58. The second-order valence-corrected chi connectivity index (χ2v) is 7.12. The van der Waals surface area contributed by atoms with Gasteiger partial charge in [-0.15, -0.1) is 10.2 Å². The molecule has 1 aromatic carbocycles. The third kappa shape index (κ3) is 5.40. The molecular formula is C22H28N6O2. The molecule has 0 saturated carbocycles. The highest BCUT2D eigenvalue weighted by Gasteiger charge is 2.14. The van der Waals surface area contributed by atoms with Gasteiger partial charge in [-0.2, -0.15) is 5.10 Å². The molecule has 8 nitrogen and oxygen atoms in total. The van der Waals surface area contributed by atoms with Crippen molar-refractivity contribution in [3.8, 4) is 5.75 Å². The van der Waals surface area contributed by atoms with Crippen LogP contribution in [0.5, 0.6) is 5.75 Å². The van der Waals surface area contributed by atoms with Crippen LogP contribution in [0.4, 0.5) is 0 Å². The Morgan fingerprint density at radius 3 is 2.50 bits per heavy atom. The lowest BCUT2D eigenvalue weighted by Crippen LogP contribution is -2.12. The average Bonchev–Trinajstić information content (AvgIpc) is 3.35. The van der Waals surface area contributed by atoms with Crippen LogP contribution in [-0.4, -0.2) is 41.9 Å². The van der Waals surface area contributed by atoms with Crippen molar-refractivity contribution in [2.45, 2.75) is 53.1 Å². The molecule has 158 valence electrons. The van der Waals surface area contributed by atoms with E-state index in [9.17, 15) is 4.79 Å². The lowest BCUT2D eigenvalue weighted by Gasteiger charge is -2.08. The topological polar surface area (TPSA) is 87.7 Å². The van der Waals surface area contributed by atoms with Crippen molar-refractivity contribution < 1.29 is 9.53 Å². The van der Waals surface area contributed by atoms with Gasteiger partial charge >= 0.3 is 0 Å². The third-order valence-electron chi connectivity index (χ3n) is 4.70. The standard InChI is InChI=1S/C22H28N6O2/c1-5-28-20(24-25-21(28)14-27-15-23-22(26-27)16(3)4)12-9-18(29)13-17-7-10-19(11-8-17)30-6-2/h7-8,10-11,15H,3,5-6,9,12-14H2,1-2,4H3. The van der Waals surface area contributed by atoms with E-state index in [1.807, 2.05) is 49.6 Å². The Labute approximate surface area is 176 Å². The van der Waals surface area contributed by atoms with Gasteiger partial charge in [-0.1, -0.05) is 18.7 Å². The second-order valence-electron chi connectivity index (χ2n) is 7.12. The minimum Gasteiger partial charge on any atom is -0.494 e. The molecule has 3 aromatic rings. The number of aromatic nitrogens is 6. The van der Waals surface area contributed by atoms with Gasteiger partial charge in [0.25, 0.3) is 0 Å². The number of Topliss-reactive ketones (excluding diaryl/α,β-unsaturated/α-hetero) is 1. The van der Waals surface area contributed by atoms with Crippen LogP contribution in [0.15, 0.2) is 37.2 Å². The van der Waals surface area contributed by atoms with Crippen LogP contribution in [0.2, 0.25) is 0 Å². The molecule has 0 saturated heterocycles. The molecule has 0 fully saturated rings. The highest BCUT2D eigenvalue weighted by Crippen LogP contribution is 2.14. The summed E-state index contributed by atoms with van der Waals surface area (Å²) < 4.78 is 9.19. The van der Waals surface area contributed by atoms with E-state index in [4.69, 9.17) is 4.74 Å². The van der Waals surface area contributed by atoms with Gasteiger partial charge in [-0.25, -0.2) is 9.67 Å². The predicted molar refractivity (Wildman–Crippen MR) is 114 cm³/mol. The zero-order chi connectivity index (χ0) is 21.5. The molecule has 3 rings (SSSR count). The number of hydrogen-bond acceptors (Lipinski definition) is 6. The molecule has 0 spiro atoms. The maximum atomic E-state index is 12.4. The lowest BCUT2D eigenvalue weighted by molar-refractivity contribution is -0.118. The summed E-state index contributed by atoms with van der Waals surface area (Å²) in [5.41, 5.74) is 1.80. The number of allylic oxidation sites excluding steroid dienone is 1. The summed E-state index contributed by atoms with van der Waals surface area (Å²) in [4.78, 5) is 16.7. The Kier molecular flexibility index (Phi) is 7.11. The van der Waals surface area contributed by atoms with Gasteiger partial charge in [-0.3, -0.25) is 4.79 Å². The Hall–Kier alpha value is -3.29. The summed E-state index contributed by atoms with van der Waals surface area (Å²) in [6, 6.07) is 7.67. The number of benzene rings is 1. The first kappa shape index (κ1) is 21.4. The molecule has 0 radical (unpaired) electrons. The third-order valence-corrected chi connectivity index (χ3v) is 4.70. The maximum Gasteiger partial charge on any atom is 0.176 e. The van der Waals surface area contributed by atoms with Gasteiger partial charge < -0.3 is 9.30 Å². The number of ketones is 1. The quantitative estimate of drug-likeness (QED) is 0.484. The number of nitrogens with zero attached hydrogens (tertiary/aromatic N) is 6. The summed E-state index contributed by atoms with van der Waals surface area (Å²) >= 11 is 0. The van der Waals surface area contributed by atoms with Crippen molar-refractivity contribution >= 4 is 11.4 Å². The number of ether oxygens (including phenoxy) is 1. The fourth-order valence-electron chi connectivity index (χ4n) is 3.19. The number of carbonyl (C=O) groups is 1. The van der Waals surface area contributed by atoms with Gasteiger partial charge in [0.15, 0.2) is 11.6 Å². The fourth-order valence-corrected chi connectivity index (χ4v) is 3.19. The molecule has 2 aromatic heterocycles. The number of hydrogen-bond donors (Lipinski definition) is 0. The molecule has 0 N–H and O–H groups in total. The van der Waals surface area contributed by atoms with Crippen molar-refractivity contribution in [3.05, 3.63) is 60.2 Å². The van der Waals surface area contributed by atoms with Crippen molar-refractivity contribution in [2.75, 3.05) is 6.61 Å². The van der Waals surface area contributed by atoms with Crippen molar-refractivity contribution in [1.82, 2.24) is 29.5 Å². The zero-order valence-electron chi connectivity index (χ0n) is 17.8. The normalized spacial score (nSPS) is 10.9. The molecule has 8 heteroatoms. The molecule has 0 aliphatic rings. The lowest BCUT2D eigenvalue weighted by atomic mass is 10.1. The van der Waals surface area contributed by atoms with Gasteiger partial charge in [0, 0.05) is 25.8 Å². The average molecular weight is 409 g/mol. The van der Waals surface area contributed by atoms with Crippen LogP contribution in [0, 0.1) is 0 Å². The van der Waals surface area contributed by atoms with Crippen LogP contribution in [0.1, 0.15) is 50.2 Å². The van der Waals surface area contributed by atoms with E-state index in [1.54, 1.807) is 11.0 Å². The minimum atomic E-state index is 0.175. The van der Waals surface area contributed by atoms with Crippen molar-refractivity contribution in [2.24, 2.45) is 0 Å². The molecular weight excluding hydrogens is 380 g/mol. The van der Waals surface area contributed by atoms with Gasteiger partial charge in [0.05, 0.1) is 6.61 Å². The molecule has 0 unspecified atom stereocenters. The van der Waals surface area contributed by atoms with Crippen LogP contribution in [0.3, 0.4) is 0 Å². The monoisotopic (exact) mass is 408 g/mol. The van der Waals surface area contributed by atoms with Crippen LogP contribution < -0.4 is 4.74 Å². The van der Waals surface area contributed by atoms with E-state index in [0.717, 1.165) is 35.1 Å². The first-order chi connectivity index (χ1) is 14.5. The van der Waals surface area contributed by atoms with Gasteiger partial charge in [0.1, 0.15) is 30.2 Å². The maximum absolute atomic E-state index is 12.4. The molecule has 30 heavy (non-hydrogen) atoms. The van der Waals surface area contributed by atoms with Gasteiger partial charge in [0.2, 0.25) is 0 Å². The smallest absolute Gasteiger partial charge is 0.176 e. The number of carbonyl (C=O) groups excluding carboxylic acids is 1. The van der Waals surface area contributed by atoms with E-state index in [-0.39, 0.29) is 5.78 Å². The Bertz CT molecular complexity index is 1000. The molecule has 0 aliphatic carbocycles. The van der Waals surface area contributed by atoms with Gasteiger partial charge in [-0.05, 0) is 44.0 Å². The predicted octanol–water partition coefficient (Wildman–Crippen LogP) is 3.11. The molecule has 0 bridgehead atoms. The largest absolute Gasteiger partial charge is 0.494 e. The SMILES string of the molecule is C=C(C)c1ncn(Cc2nnc(CCC(=O)Cc3ccc(OCC)cc3)n2CC)n1. The number of rotatable bonds is 11. The molecule has 2 heterocycles. The first-order valence-corrected chi connectivity index (χ1v) is 10.2. The van der Waals surface area contributed by atoms with E-state index >= 15 is 0 Å². The number of aryl methyl sites for hydroxylation is 1. The van der Waals surface area contributed by atoms with E-state index in [0.29, 0.717) is 38.2 Å². The summed E-state index contributed by atoms with van der Waals surface area (Å²) in [5.74, 6) is 3.23. The summed E-state index contributed by atoms with van der Waals surface area (Å²) in [7, 11) is 0. The van der Waals surface area contributed by atoms with Crippen molar-refractivity contribution in [1.29, 1.82) is 0 Å². The highest BCUT2D eigenvalue weighted by molar-refractivity contribution is 5.81. The molecule has 0 amide bonds. The summed E-state index contributed by atoms with van der Waals surface area (Å²) in [6.07, 6.45) is 3.06. The van der Waals surface area contributed by atoms with E-state index in [1.165, 1.54) is 0 Å². The summed E-state index contributed by atoms with van der Waals surface area (Å²) in [5, 5.41) is 13.0. The minimum absolute atomic E-state index is 0.175. The van der Waals surface area contributed by atoms with Crippen LogP contribution >= 0.6 is 0 Å². The Morgan fingerprint density at radius 1 is 1.13 bits per heavy atom. The van der Waals surface area contributed by atoms with Crippen LogP contribution in [-0.2, 0) is 30.7 Å². The molecule has 0 atom stereocenters. The van der Waals surface area contributed by atoms with E-state index < -0.39 is 0 Å². The van der Waals surface area contributed by atoms with E-state index in [2.05, 4.69) is 26.9 Å². The highest BCUT2D eigenvalue weighted by atomic mass is 16.5. The second kappa shape index (κ2) is 9.96. The fraction of sp³-hybridized carbons (Fsp3) is 0.409. The van der Waals surface area contributed by atoms with Crippen molar-refractivity contribution in [3.63, 3.8) is 0 Å². The molecule has 0 aliphatic heterocycles. The zero-order valence-corrected chi connectivity index (χ0v) is 17.8. The first-order valence-electron chi connectivity index (χ1n) is 10.2. The summed E-state index contributed by atoms with van der Waals surface area (Å²) in [6.45, 7) is 11.5. The van der Waals surface area contributed by atoms with Crippen LogP contribution in [0.25, 0.3) is 5.57 Å². The Morgan fingerprint density at radius 2 is 1.87 bits per heavy atom.